The van der Waals surface area contributed by atoms with Crippen LogP contribution in [-0.2, 0) is 23.9 Å². The van der Waals surface area contributed by atoms with Gasteiger partial charge in [-0.15, -0.1) is 0 Å². The van der Waals surface area contributed by atoms with Crippen LogP contribution in [0.1, 0.15) is 40.5 Å². The molecule has 0 spiro atoms. The summed E-state index contributed by atoms with van der Waals surface area (Å²) in [6, 6.07) is -0.492. The van der Waals surface area contributed by atoms with Gasteiger partial charge in [0.25, 0.3) is 0 Å². The highest BCUT2D eigenvalue weighted by Gasteiger charge is 2.42. The Morgan fingerprint density at radius 3 is 2.04 bits per heavy atom. The van der Waals surface area contributed by atoms with Crippen LogP contribution in [0.25, 0.3) is 0 Å². The molecule has 0 rings (SSSR count). The monoisotopic (exact) mass is 406 g/mol. The first-order valence-corrected chi connectivity index (χ1v) is 9.39. The van der Waals surface area contributed by atoms with E-state index in [9.17, 15) is 14.4 Å². The molecule has 0 aliphatic carbocycles. The summed E-state index contributed by atoms with van der Waals surface area (Å²) in [7, 11) is 0. The highest BCUT2D eigenvalue weighted by molar-refractivity contribution is 7.82. The first-order chi connectivity index (χ1) is 12.4. The second kappa shape index (κ2) is 12.2. The highest BCUT2D eigenvalue weighted by Crippen LogP contribution is 2.26. The van der Waals surface area contributed by atoms with Gasteiger partial charge in [-0.3, -0.25) is 14.4 Å². The zero-order chi connectivity index (χ0) is 21.1. The lowest BCUT2D eigenvalue weighted by Crippen LogP contribution is -2.61. The van der Waals surface area contributed by atoms with E-state index in [1.54, 1.807) is 20.8 Å². The van der Waals surface area contributed by atoms with E-state index in [2.05, 4.69) is 23.3 Å². The SMILES string of the molecule is CCNC(=O)CCOCC(COCCC(N)=O)NC(=O)C(C)(S)C(C)(C)N. The zero-order valence-corrected chi connectivity index (χ0v) is 17.6. The van der Waals surface area contributed by atoms with Gasteiger partial charge in [0.15, 0.2) is 0 Å². The molecular formula is C17H34N4O5S. The van der Waals surface area contributed by atoms with E-state index >= 15 is 0 Å². The molecule has 0 aliphatic heterocycles. The number of ether oxygens (including phenoxy) is 2. The molecule has 2 atom stereocenters. The van der Waals surface area contributed by atoms with Gasteiger partial charge in [-0.2, -0.15) is 12.6 Å². The van der Waals surface area contributed by atoms with E-state index in [-0.39, 0.29) is 51.1 Å². The number of primary amides is 1. The summed E-state index contributed by atoms with van der Waals surface area (Å²) in [5.41, 5.74) is 10.2. The number of hydrogen-bond acceptors (Lipinski definition) is 7. The van der Waals surface area contributed by atoms with Crippen molar-refractivity contribution in [1.82, 2.24) is 10.6 Å². The Hall–Kier alpha value is -1.36. The van der Waals surface area contributed by atoms with Gasteiger partial charge in [-0.1, -0.05) is 0 Å². The second-order valence-corrected chi connectivity index (χ2v) is 7.93. The van der Waals surface area contributed by atoms with Crippen molar-refractivity contribution in [3.8, 4) is 0 Å². The Morgan fingerprint density at radius 2 is 1.59 bits per heavy atom. The normalized spacial score (nSPS) is 14.9. The van der Waals surface area contributed by atoms with E-state index in [0.717, 1.165) is 0 Å². The summed E-state index contributed by atoms with van der Waals surface area (Å²) in [6.07, 6.45) is 0.302. The first-order valence-electron chi connectivity index (χ1n) is 8.94. The molecule has 27 heavy (non-hydrogen) atoms. The minimum atomic E-state index is -1.13. The van der Waals surface area contributed by atoms with Crippen LogP contribution in [-0.4, -0.2) is 67.0 Å². The van der Waals surface area contributed by atoms with Crippen molar-refractivity contribution in [2.45, 2.75) is 56.9 Å². The zero-order valence-electron chi connectivity index (χ0n) is 16.7. The summed E-state index contributed by atoms with van der Waals surface area (Å²) in [6.45, 7) is 8.04. The van der Waals surface area contributed by atoms with Gasteiger partial charge >= 0.3 is 0 Å². The summed E-state index contributed by atoms with van der Waals surface area (Å²) in [5.74, 6) is -0.945. The van der Waals surface area contributed by atoms with Crippen LogP contribution in [0.15, 0.2) is 0 Å². The van der Waals surface area contributed by atoms with Crippen molar-refractivity contribution in [1.29, 1.82) is 0 Å². The Kier molecular flexibility index (Phi) is 11.6. The largest absolute Gasteiger partial charge is 0.379 e. The fourth-order valence-electron chi connectivity index (χ4n) is 1.82. The van der Waals surface area contributed by atoms with Gasteiger partial charge in [0, 0.05) is 24.9 Å². The topological polar surface area (TPSA) is 146 Å². The third-order valence-electron chi connectivity index (χ3n) is 4.01. The maximum Gasteiger partial charge on any atom is 0.237 e. The van der Waals surface area contributed by atoms with E-state index in [1.807, 2.05) is 6.92 Å². The molecule has 0 radical (unpaired) electrons. The molecule has 0 aromatic heterocycles. The van der Waals surface area contributed by atoms with Crippen molar-refractivity contribution < 1.29 is 23.9 Å². The third-order valence-corrected chi connectivity index (χ3v) is 4.79. The standard InChI is InChI=1S/C17H34N4O5S/c1-5-20-14(23)7-9-26-11-12(10-25-8-6-13(18)22)21-15(24)17(4,27)16(2,3)19/h12,27H,5-11,19H2,1-4H3,(H2,18,22)(H,20,23)(H,21,24). The van der Waals surface area contributed by atoms with Crippen molar-refractivity contribution in [3.63, 3.8) is 0 Å². The molecule has 6 N–H and O–H groups in total. The molecule has 0 fully saturated rings. The fraction of sp³-hybridized carbons (Fsp3) is 0.824. The van der Waals surface area contributed by atoms with E-state index in [1.165, 1.54) is 0 Å². The van der Waals surface area contributed by atoms with Crippen LogP contribution >= 0.6 is 12.6 Å². The van der Waals surface area contributed by atoms with Gasteiger partial charge < -0.3 is 31.6 Å². The number of thiol groups is 1. The molecule has 0 aromatic carbocycles. The number of hydrogen-bond donors (Lipinski definition) is 5. The average molecular weight is 407 g/mol. The maximum atomic E-state index is 12.6. The second-order valence-electron chi connectivity index (χ2n) is 7.03. The van der Waals surface area contributed by atoms with Crippen molar-refractivity contribution >= 4 is 30.4 Å². The molecule has 0 heterocycles. The Labute approximate surface area is 166 Å². The number of nitrogens with one attached hydrogen (secondary N) is 2. The molecule has 0 aliphatic rings. The number of rotatable bonds is 14. The van der Waals surface area contributed by atoms with Crippen LogP contribution in [0.4, 0.5) is 0 Å². The molecular weight excluding hydrogens is 372 g/mol. The van der Waals surface area contributed by atoms with Gasteiger partial charge in [0.2, 0.25) is 17.7 Å². The number of carbonyl (C=O) groups is 3. The number of nitrogens with two attached hydrogens (primary N) is 2. The Bertz CT molecular complexity index is 494. The Morgan fingerprint density at radius 1 is 1.07 bits per heavy atom. The number of carbonyl (C=O) groups excluding carboxylic acids is 3. The predicted octanol–water partition coefficient (Wildman–Crippen LogP) is -0.668. The van der Waals surface area contributed by atoms with Crippen LogP contribution in [0.3, 0.4) is 0 Å². The van der Waals surface area contributed by atoms with E-state index < -0.39 is 22.2 Å². The molecule has 2 unspecified atom stereocenters. The third kappa shape index (κ3) is 10.5. The lowest BCUT2D eigenvalue weighted by molar-refractivity contribution is -0.127. The Balaban J connectivity index is 4.66. The molecule has 3 amide bonds. The van der Waals surface area contributed by atoms with Gasteiger partial charge in [-0.05, 0) is 27.7 Å². The quantitative estimate of drug-likeness (QED) is 0.191. The van der Waals surface area contributed by atoms with Gasteiger partial charge in [-0.25, -0.2) is 0 Å². The lowest BCUT2D eigenvalue weighted by Gasteiger charge is -2.37. The maximum absolute atomic E-state index is 12.6. The van der Waals surface area contributed by atoms with E-state index in [4.69, 9.17) is 20.9 Å². The molecule has 0 saturated carbocycles. The first kappa shape index (κ1) is 25.6. The van der Waals surface area contributed by atoms with Crippen LogP contribution in [0, 0.1) is 0 Å². The summed E-state index contributed by atoms with van der Waals surface area (Å²) in [5, 5.41) is 5.48. The van der Waals surface area contributed by atoms with Crippen molar-refractivity contribution in [2.24, 2.45) is 11.5 Å². The van der Waals surface area contributed by atoms with Gasteiger partial charge in [0.05, 0.1) is 32.5 Å². The molecule has 0 bridgehead atoms. The number of amides is 3. The highest BCUT2D eigenvalue weighted by atomic mass is 32.1. The molecule has 9 nitrogen and oxygen atoms in total. The van der Waals surface area contributed by atoms with Crippen LogP contribution in [0.2, 0.25) is 0 Å². The molecule has 10 heteroatoms. The summed E-state index contributed by atoms with van der Waals surface area (Å²) < 4.78 is 9.75. The fourth-order valence-corrected chi connectivity index (χ4v) is 1.89. The predicted molar refractivity (Wildman–Crippen MR) is 106 cm³/mol. The van der Waals surface area contributed by atoms with E-state index in [0.29, 0.717) is 6.54 Å². The summed E-state index contributed by atoms with van der Waals surface area (Å²) in [4.78, 5) is 34.8. The van der Waals surface area contributed by atoms with Crippen molar-refractivity contribution in [3.05, 3.63) is 0 Å². The molecule has 0 saturated heterocycles. The minimum Gasteiger partial charge on any atom is -0.379 e. The van der Waals surface area contributed by atoms with Crippen molar-refractivity contribution in [2.75, 3.05) is 33.0 Å². The van der Waals surface area contributed by atoms with Crippen LogP contribution < -0.4 is 22.1 Å². The minimum absolute atomic E-state index is 0.0822. The smallest absolute Gasteiger partial charge is 0.237 e. The lowest BCUT2D eigenvalue weighted by atomic mass is 9.88. The average Bonchev–Trinajstić information content (AvgIpc) is 2.53. The molecule has 158 valence electrons. The van der Waals surface area contributed by atoms with Crippen LogP contribution in [0.5, 0.6) is 0 Å². The summed E-state index contributed by atoms with van der Waals surface area (Å²) >= 11 is 4.40. The van der Waals surface area contributed by atoms with Gasteiger partial charge in [0.1, 0.15) is 4.75 Å². The molecule has 0 aromatic rings.